The van der Waals surface area contributed by atoms with Crippen LogP contribution in [0.3, 0.4) is 0 Å². The molecule has 0 saturated heterocycles. The Bertz CT molecular complexity index is 793. The summed E-state index contributed by atoms with van der Waals surface area (Å²) in [6.45, 7) is 4.54. The van der Waals surface area contributed by atoms with Gasteiger partial charge in [-0.05, 0) is 60.4 Å². The average Bonchev–Trinajstić information content (AvgIpc) is 2.59. The van der Waals surface area contributed by atoms with E-state index in [-0.39, 0.29) is 17.1 Å². The predicted octanol–water partition coefficient (Wildman–Crippen LogP) is 4.12. The molecule has 0 amide bonds. The number of hydrogen-bond donors (Lipinski definition) is 2. The van der Waals surface area contributed by atoms with Crippen LogP contribution in [0.15, 0.2) is 36.4 Å². The van der Waals surface area contributed by atoms with E-state index < -0.39 is 5.97 Å². The fourth-order valence-corrected chi connectivity index (χ4v) is 2.41. The third kappa shape index (κ3) is 4.53. The van der Waals surface area contributed by atoms with E-state index in [0.717, 1.165) is 17.7 Å². The number of aromatic hydroxyl groups is 1. The quantitative estimate of drug-likeness (QED) is 0.585. The van der Waals surface area contributed by atoms with E-state index in [1.165, 1.54) is 13.2 Å². The molecule has 0 aromatic heterocycles. The Morgan fingerprint density at radius 2 is 1.92 bits per heavy atom. The second-order valence-corrected chi connectivity index (χ2v) is 5.62. The molecule has 0 saturated carbocycles. The number of aryl methyl sites for hydroxylation is 1. The highest BCUT2D eigenvalue weighted by atomic mass is 16.5. The van der Waals surface area contributed by atoms with Gasteiger partial charge < -0.3 is 19.7 Å². The van der Waals surface area contributed by atoms with E-state index in [0.29, 0.717) is 17.7 Å². The number of phenols is 1. The van der Waals surface area contributed by atoms with Gasteiger partial charge in [0.05, 0.1) is 19.3 Å². The zero-order valence-electron chi connectivity index (χ0n) is 14.6. The fourth-order valence-electron chi connectivity index (χ4n) is 2.41. The molecule has 2 N–H and O–H groups in total. The molecular weight excluding hydrogens is 320 g/mol. The molecule has 0 bridgehead atoms. The molecule has 132 valence electrons. The van der Waals surface area contributed by atoms with Crippen molar-refractivity contribution in [2.24, 2.45) is 0 Å². The van der Waals surface area contributed by atoms with Gasteiger partial charge >= 0.3 is 5.97 Å². The van der Waals surface area contributed by atoms with E-state index >= 15 is 0 Å². The van der Waals surface area contributed by atoms with E-state index in [2.05, 4.69) is 0 Å². The molecule has 0 fully saturated rings. The second-order valence-electron chi connectivity index (χ2n) is 5.62. The molecular formula is C20H22O5. The topological polar surface area (TPSA) is 76.0 Å². The minimum Gasteiger partial charge on any atom is -0.504 e. The number of phenolic OH excluding ortho intramolecular Hbond substituents is 1. The molecule has 0 aliphatic heterocycles. The maximum atomic E-state index is 11.7. The zero-order valence-corrected chi connectivity index (χ0v) is 14.6. The van der Waals surface area contributed by atoms with E-state index in [1.54, 1.807) is 36.4 Å². The first-order valence-electron chi connectivity index (χ1n) is 8.02. The van der Waals surface area contributed by atoms with E-state index in [1.807, 2.05) is 13.8 Å². The summed E-state index contributed by atoms with van der Waals surface area (Å²) in [7, 11) is 1.44. The molecule has 0 atom stereocenters. The molecule has 0 spiro atoms. The minimum atomic E-state index is -1.03. The summed E-state index contributed by atoms with van der Waals surface area (Å²) < 4.78 is 10.7. The van der Waals surface area contributed by atoms with Gasteiger partial charge in [-0.25, -0.2) is 4.79 Å². The largest absolute Gasteiger partial charge is 0.504 e. The number of carbonyl (C=O) groups is 1. The van der Waals surface area contributed by atoms with Gasteiger partial charge in [0, 0.05) is 0 Å². The Morgan fingerprint density at radius 3 is 2.52 bits per heavy atom. The molecule has 0 aliphatic rings. The average molecular weight is 342 g/mol. The van der Waals surface area contributed by atoms with Crippen molar-refractivity contribution in [2.75, 3.05) is 13.7 Å². The summed E-state index contributed by atoms with van der Waals surface area (Å²) in [5, 5.41) is 19.2. The molecule has 5 heteroatoms. The molecule has 5 nitrogen and oxygen atoms in total. The Labute approximate surface area is 147 Å². The number of ether oxygens (including phenoxy) is 2. The van der Waals surface area contributed by atoms with Crippen molar-refractivity contribution >= 4 is 17.6 Å². The van der Waals surface area contributed by atoms with Crippen molar-refractivity contribution in [1.82, 2.24) is 0 Å². The lowest BCUT2D eigenvalue weighted by atomic mass is 10.0. The highest BCUT2D eigenvalue weighted by Gasteiger charge is 2.13. The van der Waals surface area contributed by atoms with Crippen molar-refractivity contribution in [3.05, 3.63) is 53.1 Å². The first-order valence-corrected chi connectivity index (χ1v) is 8.02. The summed E-state index contributed by atoms with van der Waals surface area (Å²) in [5.74, 6) is 0.0121. The van der Waals surface area contributed by atoms with Gasteiger partial charge in [-0.15, -0.1) is 0 Å². The van der Waals surface area contributed by atoms with Crippen molar-refractivity contribution < 1.29 is 24.5 Å². The van der Waals surface area contributed by atoms with Crippen molar-refractivity contribution in [2.45, 2.75) is 20.3 Å². The van der Waals surface area contributed by atoms with Crippen molar-refractivity contribution in [1.29, 1.82) is 0 Å². The lowest BCUT2D eigenvalue weighted by molar-refractivity contribution is -0.130. The Hall–Kier alpha value is -2.95. The third-order valence-corrected chi connectivity index (χ3v) is 3.69. The lowest BCUT2D eigenvalue weighted by Gasteiger charge is -2.11. The highest BCUT2D eigenvalue weighted by molar-refractivity contribution is 6.20. The molecule has 2 aromatic carbocycles. The standard InChI is InChI=1S/C20H22O5/c1-4-9-25-18-8-6-15(10-13(18)2)16(20(22)23)11-14-5-7-17(21)19(12-14)24-3/h5-8,10-12,21H,4,9H2,1-3H3,(H,22,23)/b16-11-. The number of methoxy groups -OCH3 is 1. The second kappa shape index (κ2) is 8.24. The number of hydrogen-bond acceptors (Lipinski definition) is 4. The van der Waals surface area contributed by atoms with Crippen LogP contribution in [0.4, 0.5) is 0 Å². The monoisotopic (exact) mass is 342 g/mol. The van der Waals surface area contributed by atoms with Crippen LogP contribution in [0.2, 0.25) is 0 Å². The van der Waals surface area contributed by atoms with E-state index in [4.69, 9.17) is 9.47 Å². The Kier molecular flexibility index (Phi) is 6.06. The SMILES string of the molecule is CCCOc1ccc(/C(=C/c2ccc(O)c(OC)c2)C(=O)O)cc1C. The highest BCUT2D eigenvalue weighted by Crippen LogP contribution is 2.29. The lowest BCUT2D eigenvalue weighted by Crippen LogP contribution is -2.02. The van der Waals surface area contributed by atoms with E-state index in [9.17, 15) is 15.0 Å². The number of benzene rings is 2. The van der Waals surface area contributed by atoms with Crippen molar-refractivity contribution in [3.8, 4) is 17.2 Å². The van der Waals surface area contributed by atoms with Crippen LogP contribution in [0, 0.1) is 6.92 Å². The molecule has 2 aromatic rings. The van der Waals surface area contributed by atoms with Crippen LogP contribution in [0.5, 0.6) is 17.2 Å². The summed E-state index contributed by atoms with van der Waals surface area (Å²) in [6, 6.07) is 10.0. The van der Waals surface area contributed by atoms with Crippen LogP contribution < -0.4 is 9.47 Å². The van der Waals surface area contributed by atoms with Gasteiger partial charge in [-0.2, -0.15) is 0 Å². The van der Waals surface area contributed by atoms with Gasteiger partial charge in [0.1, 0.15) is 5.75 Å². The molecule has 0 aliphatic carbocycles. The summed E-state index contributed by atoms with van der Waals surface area (Å²) in [6.07, 6.45) is 2.45. The Balaban J connectivity index is 2.41. The van der Waals surface area contributed by atoms with Gasteiger partial charge in [0.15, 0.2) is 11.5 Å². The van der Waals surface area contributed by atoms with Gasteiger partial charge in [-0.3, -0.25) is 0 Å². The Morgan fingerprint density at radius 1 is 1.16 bits per heavy atom. The van der Waals surface area contributed by atoms with Crippen LogP contribution in [-0.2, 0) is 4.79 Å². The van der Waals surface area contributed by atoms with Crippen LogP contribution in [-0.4, -0.2) is 29.9 Å². The number of carboxylic acid groups (broad SMARTS) is 1. The molecule has 0 unspecified atom stereocenters. The predicted molar refractivity (Wildman–Crippen MR) is 97.1 cm³/mol. The fraction of sp³-hybridized carbons (Fsp3) is 0.250. The number of carboxylic acids is 1. The molecule has 25 heavy (non-hydrogen) atoms. The van der Waals surface area contributed by atoms with Gasteiger partial charge in [0.2, 0.25) is 0 Å². The summed E-state index contributed by atoms with van der Waals surface area (Å²) >= 11 is 0. The first-order chi connectivity index (χ1) is 12.0. The third-order valence-electron chi connectivity index (χ3n) is 3.69. The summed E-state index contributed by atoms with van der Waals surface area (Å²) in [5.41, 5.74) is 2.23. The normalized spacial score (nSPS) is 11.2. The van der Waals surface area contributed by atoms with Gasteiger partial charge in [-0.1, -0.05) is 19.1 Å². The van der Waals surface area contributed by atoms with Gasteiger partial charge in [0.25, 0.3) is 0 Å². The van der Waals surface area contributed by atoms with Crippen LogP contribution in [0.25, 0.3) is 11.6 Å². The van der Waals surface area contributed by atoms with Crippen LogP contribution in [0.1, 0.15) is 30.0 Å². The zero-order chi connectivity index (χ0) is 18.4. The maximum Gasteiger partial charge on any atom is 0.336 e. The summed E-state index contributed by atoms with van der Waals surface area (Å²) in [4.78, 5) is 11.7. The number of rotatable bonds is 7. The van der Waals surface area contributed by atoms with Crippen molar-refractivity contribution in [3.63, 3.8) is 0 Å². The smallest absolute Gasteiger partial charge is 0.336 e. The first kappa shape index (κ1) is 18.4. The van der Waals surface area contributed by atoms with Crippen LogP contribution >= 0.6 is 0 Å². The molecule has 0 heterocycles. The molecule has 0 radical (unpaired) electrons. The maximum absolute atomic E-state index is 11.7. The minimum absolute atomic E-state index is 0.00444. The number of aliphatic carboxylic acids is 1. The molecule has 2 rings (SSSR count).